The topological polar surface area (TPSA) is 52.6 Å². The van der Waals surface area contributed by atoms with Crippen LogP contribution in [0.2, 0.25) is 0 Å². The van der Waals surface area contributed by atoms with Gasteiger partial charge in [-0.15, -0.1) is 0 Å². The van der Waals surface area contributed by atoms with Gasteiger partial charge >= 0.3 is 6.18 Å². The lowest BCUT2D eigenvalue weighted by Crippen LogP contribution is -2.51. The molecule has 2 bridgehead atoms. The average Bonchev–Trinajstić information content (AvgIpc) is 2.66. The first-order valence-corrected chi connectivity index (χ1v) is 11.9. The lowest BCUT2D eigenvalue weighted by Gasteiger charge is -2.49. The summed E-state index contributed by atoms with van der Waals surface area (Å²) >= 11 is 0.911. The Morgan fingerprint density at radius 1 is 1.22 bits per heavy atom. The molecule has 2 aliphatic carbocycles. The summed E-state index contributed by atoms with van der Waals surface area (Å²) in [5, 5.41) is 13.6. The number of fused-ring (bicyclic) bond motifs is 2. The number of hydrogen-bond acceptors (Lipinski definition) is 5. The first-order valence-electron chi connectivity index (χ1n) is 11.1. The van der Waals surface area contributed by atoms with E-state index in [-0.39, 0.29) is 4.90 Å². The number of aldehydes is 1. The molecule has 32 heavy (non-hydrogen) atoms. The Balaban J connectivity index is 0.000000233. The summed E-state index contributed by atoms with van der Waals surface area (Å²) in [4.78, 5) is 10.9. The number of benzene rings is 1. The second-order valence-corrected chi connectivity index (χ2v) is 11.3. The highest BCUT2D eigenvalue weighted by atomic mass is 32.2. The summed E-state index contributed by atoms with van der Waals surface area (Å²) in [5.74, 6) is 2.24. The largest absolute Gasteiger partial charge is 0.417 e. The van der Waals surface area contributed by atoms with E-state index < -0.39 is 22.9 Å². The van der Waals surface area contributed by atoms with Crippen LogP contribution >= 0.6 is 11.9 Å². The van der Waals surface area contributed by atoms with Crippen LogP contribution in [-0.2, 0) is 11.0 Å². The molecule has 2 N–H and O–H groups in total. The number of carbonyl (C=O) groups is 1. The summed E-state index contributed by atoms with van der Waals surface area (Å²) in [6, 6.07) is 5.93. The quantitative estimate of drug-likeness (QED) is 0.442. The first kappa shape index (κ1) is 27.2. The van der Waals surface area contributed by atoms with E-state index >= 15 is 0 Å². The lowest BCUT2D eigenvalue weighted by molar-refractivity contribution is -0.139. The maximum Gasteiger partial charge on any atom is 0.417 e. The molecule has 0 radical (unpaired) electrons. The third-order valence-corrected chi connectivity index (χ3v) is 8.05. The SMILES string of the molecule is CN(Sc1ccccc1C(F)(F)F)C(C)(C)C=O.CNC1C(C)CC2CC1CC(C)(O)C2. The molecule has 5 atom stereocenters. The zero-order valence-corrected chi connectivity index (χ0v) is 20.7. The van der Waals surface area contributed by atoms with Crippen LogP contribution in [0.25, 0.3) is 0 Å². The number of aliphatic hydroxyl groups is 1. The third-order valence-electron chi connectivity index (χ3n) is 6.75. The second-order valence-electron chi connectivity index (χ2n) is 10.1. The molecule has 1 aromatic carbocycles. The highest BCUT2D eigenvalue weighted by Crippen LogP contribution is 2.46. The van der Waals surface area contributed by atoms with Gasteiger partial charge in [0, 0.05) is 10.9 Å². The molecule has 8 heteroatoms. The summed E-state index contributed by atoms with van der Waals surface area (Å²) < 4.78 is 39.8. The van der Waals surface area contributed by atoms with Gasteiger partial charge in [-0.2, -0.15) is 13.2 Å². The maximum atomic E-state index is 12.8. The third kappa shape index (κ3) is 6.95. The van der Waals surface area contributed by atoms with Crippen LogP contribution in [0.15, 0.2) is 29.2 Å². The Morgan fingerprint density at radius 3 is 2.41 bits per heavy atom. The lowest BCUT2D eigenvalue weighted by atomic mass is 9.61. The summed E-state index contributed by atoms with van der Waals surface area (Å²) in [6.45, 7) is 7.64. The van der Waals surface area contributed by atoms with E-state index in [1.807, 2.05) is 6.92 Å². The van der Waals surface area contributed by atoms with Gasteiger partial charge in [-0.1, -0.05) is 19.1 Å². The zero-order valence-electron chi connectivity index (χ0n) is 19.9. The van der Waals surface area contributed by atoms with E-state index in [2.05, 4.69) is 19.3 Å². The molecular formula is C24H37F3N2O2S. The van der Waals surface area contributed by atoms with Crippen LogP contribution in [0.5, 0.6) is 0 Å². The second kappa shape index (κ2) is 10.5. The molecule has 0 spiro atoms. The van der Waals surface area contributed by atoms with Crippen molar-refractivity contribution in [2.45, 2.75) is 81.6 Å². The van der Waals surface area contributed by atoms with Crippen molar-refractivity contribution >= 4 is 18.2 Å². The molecule has 4 nitrogen and oxygen atoms in total. The monoisotopic (exact) mass is 474 g/mol. The molecule has 5 unspecified atom stereocenters. The fraction of sp³-hybridized carbons (Fsp3) is 0.708. The number of alkyl halides is 3. The fourth-order valence-electron chi connectivity index (χ4n) is 5.10. The van der Waals surface area contributed by atoms with Crippen molar-refractivity contribution in [2.75, 3.05) is 14.1 Å². The molecule has 0 heterocycles. The van der Waals surface area contributed by atoms with Gasteiger partial charge in [0.1, 0.15) is 6.29 Å². The molecule has 0 amide bonds. The van der Waals surface area contributed by atoms with Crippen LogP contribution in [0.4, 0.5) is 13.2 Å². The maximum absolute atomic E-state index is 12.8. The number of likely N-dealkylation sites (N-methyl/N-ethyl adjacent to an activating group) is 1. The van der Waals surface area contributed by atoms with E-state index in [0.717, 1.165) is 42.7 Å². The molecule has 1 aromatic rings. The smallest absolute Gasteiger partial charge is 0.390 e. The van der Waals surface area contributed by atoms with E-state index in [4.69, 9.17) is 0 Å². The highest BCUT2D eigenvalue weighted by Gasteiger charge is 2.44. The standard InChI is InChI=1S/C12H14F3NOS.C12H23NO/c1-11(2,8-17)16(3)18-10-7-5-4-6-9(10)12(13,14)15;1-8-4-9-5-10(11(8)13-3)7-12(2,14)6-9/h4-8H,1-3H3;8-11,13-14H,4-7H2,1-3H3. The van der Waals surface area contributed by atoms with Crippen LogP contribution in [0.3, 0.4) is 0 Å². The first-order chi connectivity index (χ1) is 14.7. The Bertz CT molecular complexity index is 768. The zero-order chi connectivity index (χ0) is 24.3. The Kier molecular flexibility index (Phi) is 8.87. The van der Waals surface area contributed by atoms with Crippen molar-refractivity contribution in [2.24, 2.45) is 17.8 Å². The van der Waals surface area contributed by atoms with Crippen molar-refractivity contribution in [3.8, 4) is 0 Å². The minimum atomic E-state index is -4.39. The van der Waals surface area contributed by atoms with E-state index in [1.165, 1.54) is 29.3 Å². The minimum Gasteiger partial charge on any atom is -0.390 e. The highest BCUT2D eigenvalue weighted by molar-refractivity contribution is 7.97. The number of hydrogen-bond donors (Lipinski definition) is 2. The average molecular weight is 475 g/mol. The van der Waals surface area contributed by atoms with Gasteiger partial charge in [0.2, 0.25) is 0 Å². The number of halogens is 3. The van der Waals surface area contributed by atoms with E-state index in [0.29, 0.717) is 18.2 Å². The van der Waals surface area contributed by atoms with Crippen molar-refractivity contribution < 1.29 is 23.1 Å². The summed E-state index contributed by atoms with van der Waals surface area (Å²) in [5.41, 5.74) is -1.92. The van der Waals surface area contributed by atoms with Crippen molar-refractivity contribution in [1.82, 2.24) is 9.62 Å². The van der Waals surface area contributed by atoms with Crippen LogP contribution < -0.4 is 5.32 Å². The van der Waals surface area contributed by atoms with E-state index in [1.54, 1.807) is 27.0 Å². The number of carbonyl (C=O) groups excluding carboxylic acids is 1. The normalized spacial score (nSPS) is 30.5. The van der Waals surface area contributed by atoms with Gasteiger partial charge < -0.3 is 15.2 Å². The molecule has 0 aromatic heterocycles. The molecule has 2 fully saturated rings. The van der Waals surface area contributed by atoms with Crippen molar-refractivity contribution in [3.63, 3.8) is 0 Å². The number of nitrogens with zero attached hydrogens (tertiary/aromatic N) is 1. The van der Waals surface area contributed by atoms with Gasteiger partial charge in [-0.25, -0.2) is 4.31 Å². The van der Waals surface area contributed by atoms with Crippen LogP contribution in [0.1, 0.15) is 58.9 Å². The number of nitrogens with one attached hydrogen (secondary N) is 1. The van der Waals surface area contributed by atoms with Crippen LogP contribution in [0, 0.1) is 17.8 Å². The molecule has 0 aliphatic heterocycles. The van der Waals surface area contributed by atoms with Crippen LogP contribution in [-0.4, -0.2) is 47.0 Å². The fourth-order valence-corrected chi connectivity index (χ4v) is 6.09. The molecule has 2 saturated carbocycles. The Hall–Kier alpha value is -1.09. The van der Waals surface area contributed by atoms with Crippen molar-refractivity contribution in [1.29, 1.82) is 0 Å². The van der Waals surface area contributed by atoms with Gasteiger partial charge in [-0.3, -0.25) is 0 Å². The minimum absolute atomic E-state index is 0.0856. The van der Waals surface area contributed by atoms with Gasteiger partial charge in [0.25, 0.3) is 0 Å². The van der Waals surface area contributed by atoms with Gasteiger partial charge in [-0.05, 0) is 102 Å². The molecular weight excluding hydrogens is 437 g/mol. The van der Waals surface area contributed by atoms with Gasteiger partial charge in [0.15, 0.2) is 0 Å². The van der Waals surface area contributed by atoms with Gasteiger partial charge in [0.05, 0.1) is 16.7 Å². The summed E-state index contributed by atoms with van der Waals surface area (Å²) in [7, 11) is 3.65. The number of rotatable bonds is 5. The Labute approximate surface area is 194 Å². The van der Waals surface area contributed by atoms with Crippen molar-refractivity contribution in [3.05, 3.63) is 29.8 Å². The molecule has 182 valence electrons. The molecule has 0 saturated heterocycles. The summed E-state index contributed by atoms with van der Waals surface area (Å²) in [6.07, 6.45) is 0.930. The Morgan fingerprint density at radius 2 is 1.84 bits per heavy atom. The molecule has 3 rings (SSSR count). The molecule has 2 aliphatic rings. The van der Waals surface area contributed by atoms with E-state index in [9.17, 15) is 23.1 Å². The predicted molar refractivity (Wildman–Crippen MR) is 123 cm³/mol. The predicted octanol–water partition coefficient (Wildman–Crippen LogP) is 5.40.